The van der Waals surface area contributed by atoms with E-state index < -0.39 is 5.97 Å². The summed E-state index contributed by atoms with van der Waals surface area (Å²) in [5, 5.41) is 8.98. The topological polar surface area (TPSA) is 82.9 Å². The van der Waals surface area contributed by atoms with E-state index in [1.54, 1.807) is 22.1 Å². The van der Waals surface area contributed by atoms with Gasteiger partial charge in [0.05, 0.1) is 0 Å². The van der Waals surface area contributed by atoms with Gasteiger partial charge in [0.1, 0.15) is 12.2 Å². The fourth-order valence-electron chi connectivity index (χ4n) is 2.26. The number of carbonyl (C=O) groups excluding carboxylic acids is 2. The van der Waals surface area contributed by atoms with Crippen molar-refractivity contribution >= 4 is 17.8 Å². The Hall–Kier alpha value is -2.31. The highest BCUT2D eigenvalue weighted by atomic mass is 16.4. The van der Waals surface area contributed by atoms with Gasteiger partial charge in [-0.3, -0.25) is 9.59 Å². The molecule has 2 rings (SSSR count). The van der Waals surface area contributed by atoms with Gasteiger partial charge in [0, 0.05) is 39.3 Å². The molecule has 0 saturated carbocycles. The summed E-state index contributed by atoms with van der Waals surface area (Å²) in [5.41, 5.74) is 0.0979. The van der Waals surface area contributed by atoms with Crippen molar-refractivity contribution in [2.45, 2.75) is 13.5 Å². The van der Waals surface area contributed by atoms with Crippen LogP contribution in [0.3, 0.4) is 0 Å². The van der Waals surface area contributed by atoms with Crippen LogP contribution in [-0.4, -0.2) is 63.4 Å². The predicted molar refractivity (Wildman–Crippen MR) is 70.2 cm³/mol. The van der Waals surface area contributed by atoms with E-state index in [4.69, 9.17) is 5.11 Å². The van der Waals surface area contributed by atoms with Gasteiger partial charge < -0.3 is 19.5 Å². The van der Waals surface area contributed by atoms with Crippen LogP contribution >= 0.6 is 0 Å². The molecule has 20 heavy (non-hydrogen) atoms. The van der Waals surface area contributed by atoms with Crippen molar-refractivity contribution in [3.63, 3.8) is 0 Å². The number of amides is 2. The van der Waals surface area contributed by atoms with E-state index in [0.29, 0.717) is 26.2 Å². The Balaban J connectivity index is 1.94. The van der Waals surface area contributed by atoms with Crippen LogP contribution in [0, 0.1) is 0 Å². The first-order valence-corrected chi connectivity index (χ1v) is 6.41. The number of aromatic carboxylic acids is 1. The smallest absolute Gasteiger partial charge is 0.352 e. The van der Waals surface area contributed by atoms with E-state index in [1.165, 1.54) is 17.6 Å². The molecule has 7 nitrogen and oxygen atoms in total. The molecular weight excluding hydrogens is 262 g/mol. The molecule has 0 aromatic carbocycles. The molecule has 1 N–H and O–H groups in total. The Morgan fingerprint density at radius 3 is 2.30 bits per heavy atom. The highest BCUT2D eigenvalue weighted by Gasteiger charge is 2.23. The second-order valence-electron chi connectivity index (χ2n) is 4.71. The third-order valence-electron chi connectivity index (χ3n) is 3.43. The van der Waals surface area contributed by atoms with Gasteiger partial charge in [0.15, 0.2) is 0 Å². The molecule has 7 heteroatoms. The molecule has 0 aliphatic carbocycles. The van der Waals surface area contributed by atoms with Crippen LogP contribution in [0.15, 0.2) is 18.3 Å². The lowest BCUT2D eigenvalue weighted by molar-refractivity contribution is -0.138. The summed E-state index contributed by atoms with van der Waals surface area (Å²) in [4.78, 5) is 37.7. The standard InChI is InChI=1S/C13H17N3O4/c1-10(17)14-5-7-15(8-6-14)12(18)9-16-4-2-3-11(16)13(19)20/h2-4H,5-9H2,1H3,(H,19,20). The Morgan fingerprint density at radius 2 is 1.75 bits per heavy atom. The van der Waals surface area contributed by atoms with Crippen molar-refractivity contribution in [1.29, 1.82) is 0 Å². The van der Waals surface area contributed by atoms with E-state index in [1.807, 2.05) is 0 Å². The van der Waals surface area contributed by atoms with Crippen molar-refractivity contribution in [2.75, 3.05) is 26.2 Å². The molecule has 108 valence electrons. The van der Waals surface area contributed by atoms with Gasteiger partial charge in [0.25, 0.3) is 0 Å². The number of rotatable bonds is 3. The molecule has 0 radical (unpaired) electrons. The Labute approximate surface area is 116 Å². The second-order valence-corrected chi connectivity index (χ2v) is 4.71. The number of carboxylic acids is 1. The summed E-state index contributed by atoms with van der Waals surface area (Å²) in [5.74, 6) is -1.17. The molecule has 1 aliphatic rings. The van der Waals surface area contributed by atoms with E-state index in [-0.39, 0.29) is 24.1 Å². The van der Waals surface area contributed by atoms with Gasteiger partial charge in [-0.25, -0.2) is 4.79 Å². The molecule has 2 amide bonds. The van der Waals surface area contributed by atoms with Gasteiger partial charge in [-0.1, -0.05) is 0 Å². The van der Waals surface area contributed by atoms with E-state index >= 15 is 0 Å². The van der Waals surface area contributed by atoms with Crippen molar-refractivity contribution in [3.8, 4) is 0 Å². The normalized spacial score (nSPS) is 15.2. The van der Waals surface area contributed by atoms with Crippen molar-refractivity contribution in [1.82, 2.24) is 14.4 Å². The average Bonchev–Trinajstić information content (AvgIpc) is 2.87. The minimum Gasteiger partial charge on any atom is -0.477 e. The number of piperazine rings is 1. The Bertz CT molecular complexity index is 529. The number of hydrogen-bond acceptors (Lipinski definition) is 3. The quantitative estimate of drug-likeness (QED) is 0.836. The molecule has 0 unspecified atom stereocenters. The molecule has 1 aromatic rings. The van der Waals surface area contributed by atoms with Gasteiger partial charge in [-0.15, -0.1) is 0 Å². The van der Waals surface area contributed by atoms with E-state index in [9.17, 15) is 14.4 Å². The van der Waals surface area contributed by atoms with Crippen molar-refractivity contribution in [3.05, 3.63) is 24.0 Å². The minimum atomic E-state index is -1.05. The van der Waals surface area contributed by atoms with E-state index in [2.05, 4.69) is 0 Å². The summed E-state index contributed by atoms with van der Waals surface area (Å²) < 4.78 is 1.42. The molecule has 1 fully saturated rings. The highest BCUT2D eigenvalue weighted by molar-refractivity contribution is 5.87. The number of aromatic nitrogens is 1. The first-order valence-electron chi connectivity index (χ1n) is 6.41. The van der Waals surface area contributed by atoms with Crippen molar-refractivity contribution in [2.24, 2.45) is 0 Å². The van der Waals surface area contributed by atoms with Crippen LogP contribution in [-0.2, 0) is 16.1 Å². The fraction of sp³-hybridized carbons (Fsp3) is 0.462. The summed E-state index contributed by atoms with van der Waals surface area (Å²) in [6.45, 7) is 3.55. The zero-order chi connectivity index (χ0) is 14.7. The number of nitrogens with zero attached hydrogens (tertiary/aromatic N) is 3. The molecule has 1 aliphatic heterocycles. The van der Waals surface area contributed by atoms with Gasteiger partial charge in [0.2, 0.25) is 11.8 Å². The van der Waals surface area contributed by atoms with Gasteiger partial charge in [-0.2, -0.15) is 0 Å². The van der Waals surface area contributed by atoms with Crippen LogP contribution in [0.4, 0.5) is 0 Å². The number of hydrogen-bond donors (Lipinski definition) is 1. The summed E-state index contributed by atoms with van der Waals surface area (Å²) in [7, 11) is 0. The van der Waals surface area contributed by atoms with Gasteiger partial charge >= 0.3 is 5.97 Å². The number of carboxylic acid groups (broad SMARTS) is 1. The third-order valence-corrected chi connectivity index (χ3v) is 3.43. The van der Waals surface area contributed by atoms with Crippen LogP contribution in [0.1, 0.15) is 17.4 Å². The van der Waals surface area contributed by atoms with Gasteiger partial charge in [-0.05, 0) is 12.1 Å². The summed E-state index contributed by atoms with van der Waals surface area (Å²) in [6, 6.07) is 3.06. The first kappa shape index (κ1) is 14.1. The monoisotopic (exact) mass is 279 g/mol. The molecule has 1 aromatic heterocycles. The fourth-order valence-corrected chi connectivity index (χ4v) is 2.26. The highest BCUT2D eigenvalue weighted by Crippen LogP contribution is 2.07. The summed E-state index contributed by atoms with van der Waals surface area (Å²) >= 11 is 0. The second kappa shape index (κ2) is 5.77. The molecule has 0 spiro atoms. The average molecular weight is 279 g/mol. The molecule has 1 saturated heterocycles. The molecule has 0 atom stereocenters. The lowest BCUT2D eigenvalue weighted by Crippen LogP contribution is -2.50. The van der Waals surface area contributed by atoms with Crippen molar-refractivity contribution < 1.29 is 19.5 Å². The Kier molecular flexibility index (Phi) is 4.07. The maximum absolute atomic E-state index is 12.1. The predicted octanol–water partition coefficient (Wildman–Crippen LogP) is -0.123. The maximum Gasteiger partial charge on any atom is 0.352 e. The number of carbonyl (C=O) groups is 3. The largest absolute Gasteiger partial charge is 0.477 e. The lowest BCUT2D eigenvalue weighted by Gasteiger charge is -2.34. The molecule has 2 heterocycles. The van der Waals surface area contributed by atoms with Crippen LogP contribution < -0.4 is 0 Å². The first-order chi connectivity index (χ1) is 9.49. The minimum absolute atomic E-state index is 0.00864. The summed E-state index contributed by atoms with van der Waals surface area (Å²) in [6.07, 6.45) is 1.58. The zero-order valence-corrected chi connectivity index (χ0v) is 11.3. The van der Waals surface area contributed by atoms with Crippen LogP contribution in [0.2, 0.25) is 0 Å². The van der Waals surface area contributed by atoms with E-state index in [0.717, 1.165) is 0 Å². The zero-order valence-electron chi connectivity index (χ0n) is 11.3. The van der Waals surface area contributed by atoms with Crippen LogP contribution in [0.25, 0.3) is 0 Å². The SMILES string of the molecule is CC(=O)N1CCN(C(=O)Cn2cccc2C(=O)O)CC1. The third kappa shape index (κ3) is 2.98. The maximum atomic E-state index is 12.1. The Morgan fingerprint density at radius 1 is 1.15 bits per heavy atom. The molecule has 0 bridgehead atoms. The van der Waals surface area contributed by atoms with Crippen LogP contribution in [0.5, 0.6) is 0 Å². The molecular formula is C13H17N3O4. The lowest BCUT2D eigenvalue weighted by atomic mass is 10.3.